The maximum atomic E-state index is 6.40. The number of benzene rings is 1. The van der Waals surface area contributed by atoms with Crippen LogP contribution in [0.2, 0.25) is 5.02 Å². The van der Waals surface area contributed by atoms with Crippen molar-refractivity contribution in [3.63, 3.8) is 0 Å². The predicted octanol–water partition coefficient (Wildman–Crippen LogP) is 5.79. The zero-order valence-corrected chi connectivity index (χ0v) is 14.8. The van der Waals surface area contributed by atoms with E-state index in [0.717, 1.165) is 18.0 Å². The lowest BCUT2D eigenvalue weighted by molar-refractivity contribution is 0.552. The molecule has 1 unspecified atom stereocenters. The molecule has 0 saturated heterocycles. The summed E-state index contributed by atoms with van der Waals surface area (Å²) in [7, 11) is 0. The fraction of sp³-hybridized carbons (Fsp3) is 0.444. The minimum atomic E-state index is 0.118. The van der Waals surface area contributed by atoms with Gasteiger partial charge in [-0.3, -0.25) is 0 Å². The van der Waals surface area contributed by atoms with Gasteiger partial charge in [0.05, 0.1) is 11.1 Å². The fourth-order valence-electron chi connectivity index (χ4n) is 2.58. The third kappa shape index (κ3) is 3.88. The summed E-state index contributed by atoms with van der Waals surface area (Å²) in [6.45, 7) is 9.96. The Morgan fingerprint density at radius 2 is 1.90 bits per heavy atom. The third-order valence-corrected chi connectivity index (χ3v) is 5.01. The zero-order chi connectivity index (χ0) is 15.5. The van der Waals surface area contributed by atoms with Crippen LogP contribution >= 0.6 is 22.9 Å². The standard InChI is InChI=1S/C18H24ClNS/c1-5-11-20-16(17-15(19)10-12-21-17)13-8-6-7-9-14(13)18(2,3)4/h6-10,12,16,20H,5,11H2,1-4H3. The Kier molecular flexibility index (Phi) is 5.48. The van der Waals surface area contributed by atoms with E-state index in [9.17, 15) is 0 Å². The van der Waals surface area contributed by atoms with Crippen molar-refractivity contribution in [2.75, 3.05) is 6.54 Å². The SMILES string of the molecule is CCCNC(c1ccccc1C(C)(C)C)c1sccc1Cl. The second-order valence-corrected chi connectivity index (χ2v) is 7.71. The largest absolute Gasteiger partial charge is 0.306 e. The second-order valence-electron chi connectivity index (χ2n) is 6.36. The zero-order valence-electron chi connectivity index (χ0n) is 13.2. The first-order valence-corrected chi connectivity index (χ1v) is 8.76. The molecule has 3 heteroatoms. The highest BCUT2D eigenvalue weighted by Gasteiger charge is 2.25. The molecule has 21 heavy (non-hydrogen) atoms. The summed E-state index contributed by atoms with van der Waals surface area (Å²) in [6, 6.07) is 10.9. The highest BCUT2D eigenvalue weighted by atomic mass is 35.5. The lowest BCUT2D eigenvalue weighted by Crippen LogP contribution is -2.26. The lowest BCUT2D eigenvalue weighted by atomic mass is 9.81. The number of nitrogens with one attached hydrogen (secondary N) is 1. The number of hydrogen-bond acceptors (Lipinski definition) is 2. The van der Waals surface area contributed by atoms with E-state index >= 15 is 0 Å². The summed E-state index contributed by atoms with van der Waals surface area (Å²) in [5.74, 6) is 0. The van der Waals surface area contributed by atoms with Crippen molar-refractivity contribution in [1.29, 1.82) is 0 Å². The molecular formula is C18H24ClNS. The summed E-state index contributed by atoms with van der Waals surface area (Å²) in [5.41, 5.74) is 2.83. The van der Waals surface area contributed by atoms with Crippen LogP contribution in [-0.4, -0.2) is 6.54 Å². The van der Waals surface area contributed by atoms with Crippen LogP contribution in [0.4, 0.5) is 0 Å². The van der Waals surface area contributed by atoms with Gasteiger partial charge in [-0.15, -0.1) is 11.3 Å². The molecular weight excluding hydrogens is 298 g/mol. The molecule has 0 fully saturated rings. The molecule has 1 N–H and O–H groups in total. The van der Waals surface area contributed by atoms with E-state index in [0.29, 0.717) is 0 Å². The molecule has 0 amide bonds. The first-order chi connectivity index (χ1) is 9.95. The number of thiophene rings is 1. The Labute approximate surface area is 137 Å². The molecule has 1 aromatic heterocycles. The van der Waals surface area contributed by atoms with Crippen LogP contribution in [0, 0.1) is 0 Å². The van der Waals surface area contributed by atoms with E-state index in [1.165, 1.54) is 16.0 Å². The number of rotatable bonds is 5. The minimum Gasteiger partial charge on any atom is -0.306 e. The van der Waals surface area contributed by atoms with Crippen molar-refractivity contribution in [2.24, 2.45) is 0 Å². The molecule has 1 atom stereocenters. The Hall–Kier alpha value is -0.830. The Bertz CT molecular complexity index is 583. The summed E-state index contributed by atoms with van der Waals surface area (Å²) < 4.78 is 0. The van der Waals surface area contributed by atoms with Crippen molar-refractivity contribution in [3.05, 3.63) is 56.7 Å². The van der Waals surface area contributed by atoms with Gasteiger partial charge in [0, 0.05) is 4.88 Å². The molecule has 114 valence electrons. The molecule has 1 nitrogen and oxygen atoms in total. The van der Waals surface area contributed by atoms with Crippen LogP contribution < -0.4 is 5.32 Å². The van der Waals surface area contributed by atoms with Gasteiger partial charge >= 0.3 is 0 Å². The van der Waals surface area contributed by atoms with Gasteiger partial charge in [0.1, 0.15) is 0 Å². The molecule has 2 aromatic rings. The van der Waals surface area contributed by atoms with Gasteiger partial charge in [-0.25, -0.2) is 0 Å². The normalized spacial score (nSPS) is 13.4. The van der Waals surface area contributed by atoms with E-state index in [-0.39, 0.29) is 11.5 Å². The summed E-state index contributed by atoms with van der Waals surface area (Å²) in [5, 5.41) is 6.59. The molecule has 1 heterocycles. The van der Waals surface area contributed by atoms with Gasteiger partial charge < -0.3 is 5.32 Å². The van der Waals surface area contributed by atoms with Gasteiger partial charge in [0.25, 0.3) is 0 Å². The third-order valence-electron chi connectivity index (χ3n) is 3.59. The first-order valence-electron chi connectivity index (χ1n) is 7.50. The molecule has 0 spiro atoms. The van der Waals surface area contributed by atoms with E-state index in [1.54, 1.807) is 11.3 Å². The maximum absolute atomic E-state index is 6.40. The van der Waals surface area contributed by atoms with E-state index < -0.39 is 0 Å². The Morgan fingerprint density at radius 3 is 2.48 bits per heavy atom. The monoisotopic (exact) mass is 321 g/mol. The summed E-state index contributed by atoms with van der Waals surface area (Å²) >= 11 is 8.13. The predicted molar refractivity (Wildman–Crippen MR) is 94.6 cm³/mol. The molecule has 0 aliphatic heterocycles. The van der Waals surface area contributed by atoms with Crippen LogP contribution in [0.1, 0.15) is 56.2 Å². The second kappa shape index (κ2) is 6.95. The molecule has 2 rings (SSSR count). The highest BCUT2D eigenvalue weighted by Crippen LogP contribution is 2.37. The van der Waals surface area contributed by atoms with Gasteiger partial charge in [-0.05, 0) is 41.0 Å². The Morgan fingerprint density at radius 1 is 1.19 bits per heavy atom. The average molecular weight is 322 g/mol. The van der Waals surface area contributed by atoms with Crippen LogP contribution in [0.15, 0.2) is 35.7 Å². The molecule has 0 radical (unpaired) electrons. The van der Waals surface area contributed by atoms with Gasteiger partial charge in [-0.2, -0.15) is 0 Å². The van der Waals surface area contributed by atoms with Crippen LogP contribution in [0.25, 0.3) is 0 Å². The summed E-state index contributed by atoms with van der Waals surface area (Å²) in [4.78, 5) is 1.21. The van der Waals surface area contributed by atoms with Crippen molar-refractivity contribution in [1.82, 2.24) is 5.32 Å². The summed E-state index contributed by atoms with van der Waals surface area (Å²) in [6.07, 6.45) is 1.11. The fourth-order valence-corrected chi connectivity index (χ4v) is 3.83. The van der Waals surface area contributed by atoms with E-state index in [1.807, 2.05) is 6.07 Å². The van der Waals surface area contributed by atoms with Crippen molar-refractivity contribution in [2.45, 2.75) is 45.6 Å². The van der Waals surface area contributed by atoms with Crippen molar-refractivity contribution < 1.29 is 0 Å². The topological polar surface area (TPSA) is 12.0 Å². The molecule has 0 bridgehead atoms. The smallest absolute Gasteiger partial charge is 0.0689 e. The molecule has 0 aliphatic rings. The van der Waals surface area contributed by atoms with Crippen LogP contribution in [-0.2, 0) is 5.41 Å². The lowest BCUT2D eigenvalue weighted by Gasteiger charge is -2.28. The highest BCUT2D eigenvalue weighted by molar-refractivity contribution is 7.10. The Balaban J connectivity index is 2.50. The average Bonchev–Trinajstić information content (AvgIpc) is 2.85. The van der Waals surface area contributed by atoms with Crippen molar-refractivity contribution in [3.8, 4) is 0 Å². The molecule has 0 aliphatic carbocycles. The maximum Gasteiger partial charge on any atom is 0.0689 e. The van der Waals surface area contributed by atoms with Crippen molar-refractivity contribution >= 4 is 22.9 Å². The van der Waals surface area contributed by atoms with Gasteiger partial charge in [-0.1, -0.05) is 63.6 Å². The number of hydrogen-bond donors (Lipinski definition) is 1. The molecule has 1 aromatic carbocycles. The van der Waals surface area contributed by atoms with Crippen LogP contribution in [0.3, 0.4) is 0 Å². The first kappa shape index (κ1) is 16.5. The molecule has 0 saturated carbocycles. The van der Waals surface area contributed by atoms with Gasteiger partial charge in [0.2, 0.25) is 0 Å². The minimum absolute atomic E-state index is 0.118. The van der Waals surface area contributed by atoms with E-state index in [4.69, 9.17) is 11.6 Å². The number of halogens is 1. The quantitative estimate of drug-likeness (QED) is 0.735. The van der Waals surface area contributed by atoms with Crippen LogP contribution in [0.5, 0.6) is 0 Å². The van der Waals surface area contributed by atoms with E-state index in [2.05, 4.69) is 62.7 Å². The van der Waals surface area contributed by atoms with Gasteiger partial charge in [0.15, 0.2) is 0 Å².